The Bertz CT molecular complexity index is 1270. The minimum Gasteiger partial charge on any atom is -0.497 e. The van der Waals surface area contributed by atoms with Crippen molar-refractivity contribution in [2.75, 3.05) is 20.8 Å². The monoisotopic (exact) mass is 473 g/mol. The van der Waals surface area contributed by atoms with Crippen LogP contribution in [0.3, 0.4) is 0 Å². The fraction of sp³-hybridized carbons (Fsp3) is 0.286. The lowest BCUT2D eigenvalue weighted by Gasteiger charge is -2.17. The van der Waals surface area contributed by atoms with Crippen LogP contribution in [-0.2, 0) is 6.54 Å². The van der Waals surface area contributed by atoms with Crippen LogP contribution in [0.15, 0.2) is 72.8 Å². The highest BCUT2D eigenvalue weighted by atomic mass is 16.5. The van der Waals surface area contributed by atoms with Crippen LogP contribution in [-0.4, -0.2) is 36.3 Å². The van der Waals surface area contributed by atoms with Crippen molar-refractivity contribution in [3.63, 3.8) is 0 Å². The predicted molar refractivity (Wildman–Crippen MR) is 136 cm³/mol. The van der Waals surface area contributed by atoms with Gasteiger partial charge in [0.2, 0.25) is 0 Å². The number of unbranched alkanes of at least 4 members (excludes halogenated alkanes) is 1. The van der Waals surface area contributed by atoms with Gasteiger partial charge in [-0.3, -0.25) is 4.79 Å². The zero-order chi connectivity index (χ0) is 24.6. The number of carbonyl (C=O) groups excluding carboxylic acids is 1. The number of aryl methyl sites for hydroxylation is 1. The SMILES string of the molecule is COc1ccc(C(=O)NC(C)c2nc3ccccc3n2CCCCOc2ccccc2OC)cc1. The molecule has 1 aromatic heterocycles. The number of amides is 1. The molecule has 0 radical (unpaired) electrons. The Labute approximate surface area is 205 Å². The van der Waals surface area contributed by atoms with Gasteiger partial charge < -0.3 is 24.1 Å². The molecule has 0 aliphatic heterocycles. The Morgan fingerprint density at radius 3 is 2.37 bits per heavy atom. The fourth-order valence-electron chi connectivity index (χ4n) is 4.04. The van der Waals surface area contributed by atoms with E-state index in [-0.39, 0.29) is 11.9 Å². The molecule has 4 aromatic rings. The number of imidazole rings is 1. The number of carbonyl (C=O) groups is 1. The highest BCUT2D eigenvalue weighted by Crippen LogP contribution is 2.26. The first-order chi connectivity index (χ1) is 17.1. The Hall–Kier alpha value is -4.00. The predicted octanol–water partition coefficient (Wildman–Crippen LogP) is 5.40. The molecule has 35 heavy (non-hydrogen) atoms. The molecule has 1 atom stereocenters. The number of benzene rings is 3. The molecule has 3 aromatic carbocycles. The molecule has 182 valence electrons. The number of ether oxygens (including phenoxy) is 3. The molecule has 0 saturated carbocycles. The van der Waals surface area contributed by atoms with Crippen LogP contribution in [0.2, 0.25) is 0 Å². The van der Waals surface area contributed by atoms with Gasteiger partial charge in [0.1, 0.15) is 11.6 Å². The first-order valence-electron chi connectivity index (χ1n) is 11.8. The lowest BCUT2D eigenvalue weighted by atomic mass is 10.2. The van der Waals surface area contributed by atoms with Gasteiger partial charge in [-0.25, -0.2) is 4.98 Å². The van der Waals surface area contributed by atoms with Crippen LogP contribution in [0, 0.1) is 0 Å². The molecule has 4 rings (SSSR count). The Kier molecular flexibility index (Phi) is 7.88. The van der Waals surface area contributed by atoms with Gasteiger partial charge in [0, 0.05) is 12.1 Å². The Balaban J connectivity index is 1.42. The first kappa shape index (κ1) is 24.1. The molecule has 7 heteroatoms. The number of hydrogen-bond donors (Lipinski definition) is 1. The van der Waals surface area contributed by atoms with E-state index in [0.29, 0.717) is 17.9 Å². The molecule has 1 N–H and O–H groups in total. The molecule has 1 amide bonds. The van der Waals surface area contributed by atoms with Crippen LogP contribution in [0.1, 0.15) is 42.0 Å². The van der Waals surface area contributed by atoms with E-state index in [0.717, 1.165) is 47.7 Å². The van der Waals surface area contributed by atoms with Crippen molar-refractivity contribution in [1.82, 2.24) is 14.9 Å². The average molecular weight is 474 g/mol. The highest BCUT2D eigenvalue weighted by molar-refractivity contribution is 5.94. The van der Waals surface area contributed by atoms with Gasteiger partial charge in [-0.1, -0.05) is 24.3 Å². The van der Waals surface area contributed by atoms with Crippen LogP contribution in [0.5, 0.6) is 17.2 Å². The number of nitrogens with one attached hydrogen (secondary N) is 1. The van der Waals surface area contributed by atoms with E-state index >= 15 is 0 Å². The lowest BCUT2D eigenvalue weighted by molar-refractivity contribution is 0.0937. The number of aromatic nitrogens is 2. The first-order valence-corrected chi connectivity index (χ1v) is 11.8. The number of nitrogens with zero attached hydrogens (tertiary/aromatic N) is 2. The van der Waals surface area contributed by atoms with Gasteiger partial charge in [-0.05, 0) is 68.3 Å². The molecule has 1 unspecified atom stereocenters. The van der Waals surface area contributed by atoms with Crippen LogP contribution in [0.25, 0.3) is 11.0 Å². The zero-order valence-corrected chi connectivity index (χ0v) is 20.4. The van der Waals surface area contributed by atoms with E-state index in [4.69, 9.17) is 19.2 Å². The van der Waals surface area contributed by atoms with Crippen molar-refractivity contribution >= 4 is 16.9 Å². The molecular formula is C28H31N3O4. The zero-order valence-electron chi connectivity index (χ0n) is 20.4. The summed E-state index contributed by atoms with van der Waals surface area (Å²) in [7, 11) is 3.24. The van der Waals surface area contributed by atoms with Crippen LogP contribution >= 0.6 is 0 Å². The second kappa shape index (κ2) is 11.4. The Morgan fingerprint density at radius 1 is 0.914 bits per heavy atom. The van der Waals surface area contributed by atoms with E-state index in [2.05, 4.69) is 16.0 Å². The summed E-state index contributed by atoms with van der Waals surface area (Å²) in [5, 5.41) is 3.09. The van der Waals surface area contributed by atoms with Crippen molar-refractivity contribution in [2.24, 2.45) is 0 Å². The summed E-state index contributed by atoms with van der Waals surface area (Å²) in [6.07, 6.45) is 1.78. The van der Waals surface area contributed by atoms with Crippen molar-refractivity contribution in [3.05, 3.63) is 84.2 Å². The standard InChI is InChI=1S/C28H31N3O4/c1-20(29-28(32)21-14-16-22(33-2)17-15-21)27-30-23-10-4-5-11-24(23)31(27)18-8-9-19-35-26-13-7-6-12-25(26)34-3/h4-7,10-17,20H,8-9,18-19H2,1-3H3,(H,29,32). The summed E-state index contributed by atoms with van der Waals surface area (Å²) < 4.78 is 18.6. The molecule has 0 fully saturated rings. The van der Waals surface area contributed by atoms with Crippen LogP contribution in [0.4, 0.5) is 0 Å². The number of para-hydroxylation sites is 4. The van der Waals surface area contributed by atoms with E-state index in [1.807, 2.05) is 49.4 Å². The van der Waals surface area contributed by atoms with Gasteiger partial charge in [-0.15, -0.1) is 0 Å². The van der Waals surface area contributed by atoms with E-state index in [9.17, 15) is 4.79 Å². The summed E-state index contributed by atoms with van der Waals surface area (Å²) in [6, 6.07) is 22.5. The highest BCUT2D eigenvalue weighted by Gasteiger charge is 2.19. The summed E-state index contributed by atoms with van der Waals surface area (Å²) >= 11 is 0. The molecule has 0 bridgehead atoms. The molecule has 7 nitrogen and oxygen atoms in total. The summed E-state index contributed by atoms with van der Waals surface area (Å²) in [6.45, 7) is 3.32. The minimum absolute atomic E-state index is 0.149. The number of rotatable bonds is 11. The summed E-state index contributed by atoms with van der Waals surface area (Å²) in [5.74, 6) is 2.88. The lowest BCUT2D eigenvalue weighted by Crippen LogP contribution is -2.28. The van der Waals surface area contributed by atoms with Crippen molar-refractivity contribution in [2.45, 2.75) is 32.4 Å². The second-order valence-electron chi connectivity index (χ2n) is 8.24. The molecule has 0 aliphatic carbocycles. The maximum Gasteiger partial charge on any atom is 0.251 e. The Morgan fingerprint density at radius 2 is 1.63 bits per heavy atom. The van der Waals surface area contributed by atoms with Crippen molar-refractivity contribution in [3.8, 4) is 17.2 Å². The van der Waals surface area contributed by atoms with Gasteiger partial charge in [-0.2, -0.15) is 0 Å². The third kappa shape index (κ3) is 5.74. The van der Waals surface area contributed by atoms with Gasteiger partial charge >= 0.3 is 0 Å². The smallest absolute Gasteiger partial charge is 0.251 e. The number of hydrogen-bond acceptors (Lipinski definition) is 5. The topological polar surface area (TPSA) is 74.6 Å². The van der Waals surface area contributed by atoms with E-state index < -0.39 is 0 Å². The molecule has 1 heterocycles. The normalized spacial score (nSPS) is 11.7. The maximum absolute atomic E-state index is 12.8. The third-order valence-corrected chi connectivity index (χ3v) is 5.87. The average Bonchev–Trinajstić information content (AvgIpc) is 3.27. The van der Waals surface area contributed by atoms with E-state index in [1.54, 1.807) is 38.5 Å². The van der Waals surface area contributed by atoms with Gasteiger partial charge in [0.25, 0.3) is 5.91 Å². The fourth-order valence-corrected chi connectivity index (χ4v) is 4.04. The molecule has 0 aliphatic rings. The number of fused-ring (bicyclic) bond motifs is 1. The number of methoxy groups -OCH3 is 2. The van der Waals surface area contributed by atoms with Crippen LogP contribution < -0.4 is 19.5 Å². The molecule has 0 spiro atoms. The maximum atomic E-state index is 12.8. The minimum atomic E-state index is -0.262. The third-order valence-electron chi connectivity index (χ3n) is 5.87. The second-order valence-corrected chi connectivity index (χ2v) is 8.24. The summed E-state index contributed by atoms with van der Waals surface area (Å²) in [5.41, 5.74) is 2.55. The van der Waals surface area contributed by atoms with Crippen molar-refractivity contribution in [1.29, 1.82) is 0 Å². The van der Waals surface area contributed by atoms with Gasteiger partial charge in [0.15, 0.2) is 11.5 Å². The largest absolute Gasteiger partial charge is 0.497 e. The van der Waals surface area contributed by atoms with E-state index in [1.165, 1.54) is 0 Å². The molecule has 0 saturated heterocycles. The van der Waals surface area contributed by atoms with Gasteiger partial charge in [0.05, 0.1) is 37.9 Å². The molecular weight excluding hydrogens is 442 g/mol. The van der Waals surface area contributed by atoms with Crippen molar-refractivity contribution < 1.29 is 19.0 Å². The quantitative estimate of drug-likeness (QED) is 0.295. The summed E-state index contributed by atoms with van der Waals surface area (Å²) in [4.78, 5) is 17.7.